The highest BCUT2D eigenvalue weighted by atomic mass is 19.1. The highest BCUT2D eigenvalue weighted by Gasteiger charge is 2.25. The van der Waals surface area contributed by atoms with Gasteiger partial charge in [-0.15, -0.1) is 0 Å². The number of rotatable bonds is 7. The average Bonchev–Trinajstić information content (AvgIpc) is 2.58. The number of unbranched alkanes of at least 4 members (excludes halogenated alkanes) is 2. The average molecular weight is 338 g/mol. The summed E-state index contributed by atoms with van der Waals surface area (Å²) in [6.07, 6.45) is 9.73. The van der Waals surface area contributed by atoms with E-state index in [1.54, 1.807) is 6.92 Å². The van der Waals surface area contributed by atoms with E-state index in [9.17, 15) is 9.18 Å². The molecule has 1 heterocycles. The van der Waals surface area contributed by atoms with Crippen LogP contribution in [0.25, 0.3) is 0 Å². The fraction of sp³-hybridized carbons (Fsp3) is 0.722. The first-order chi connectivity index (χ1) is 11.6. The Morgan fingerprint density at radius 1 is 1.25 bits per heavy atom. The van der Waals surface area contributed by atoms with Gasteiger partial charge in [0.05, 0.1) is 12.8 Å². The largest absolute Gasteiger partial charge is 0.514 e. The van der Waals surface area contributed by atoms with E-state index in [4.69, 9.17) is 4.74 Å². The first-order valence-electron chi connectivity index (χ1n) is 9.01. The highest BCUT2D eigenvalue weighted by molar-refractivity contribution is 5.63. The van der Waals surface area contributed by atoms with Crippen LogP contribution >= 0.6 is 0 Å². The Morgan fingerprint density at radius 2 is 2.00 bits per heavy atom. The van der Waals surface area contributed by atoms with Gasteiger partial charge in [-0.2, -0.15) is 4.39 Å². The molecule has 2 rings (SSSR count). The number of carbonyl (C=O) groups is 1. The van der Waals surface area contributed by atoms with E-state index in [1.807, 2.05) is 0 Å². The summed E-state index contributed by atoms with van der Waals surface area (Å²) >= 11 is 0. The van der Waals surface area contributed by atoms with Crippen LogP contribution in [-0.4, -0.2) is 22.7 Å². The maximum atomic E-state index is 14.0. The predicted octanol–water partition coefficient (Wildman–Crippen LogP) is 5.01. The molecule has 1 fully saturated rings. The number of hydrogen-bond acceptors (Lipinski definition) is 5. The molecule has 134 valence electrons. The van der Waals surface area contributed by atoms with Crippen molar-refractivity contribution in [1.29, 1.82) is 0 Å². The molecule has 0 aromatic carbocycles. The zero-order valence-electron chi connectivity index (χ0n) is 14.6. The van der Waals surface area contributed by atoms with Crippen LogP contribution in [0.5, 0.6) is 5.75 Å². The minimum absolute atomic E-state index is 0.168. The third-order valence-electron chi connectivity index (χ3n) is 4.61. The van der Waals surface area contributed by atoms with Gasteiger partial charge in [0, 0.05) is 5.92 Å². The number of hydrogen-bond donors (Lipinski definition) is 0. The van der Waals surface area contributed by atoms with Crippen molar-refractivity contribution in [2.75, 3.05) is 6.61 Å². The number of ether oxygens (including phenoxy) is 2. The maximum Gasteiger partial charge on any atom is 0.514 e. The van der Waals surface area contributed by atoms with E-state index in [0.29, 0.717) is 5.82 Å². The summed E-state index contributed by atoms with van der Waals surface area (Å²) < 4.78 is 23.4. The molecule has 1 saturated carbocycles. The van der Waals surface area contributed by atoms with Crippen molar-refractivity contribution in [2.24, 2.45) is 5.92 Å². The van der Waals surface area contributed by atoms with Crippen molar-refractivity contribution in [2.45, 2.75) is 71.1 Å². The molecule has 6 heteroatoms. The van der Waals surface area contributed by atoms with E-state index >= 15 is 0 Å². The molecule has 1 aromatic rings. The van der Waals surface area contributed by atoms with Crippen LogP contribution in [0.3, 0.4) is 0 Å². The smallest absolute Gasteiger partial charge is 0.434 e. The van der Waals surface area contributed by atoms with Crippen LogP contribution in [0.15, 0.2) is 6.20 Å². The van der Waals surface area contributed by atoms with Crippen LogP contribution in [-0.2, 0) is 4.74 Å². The third kappa shape index (κ3) is 5.42. The van der Waals surface area contributed by atoms with E-state index in [0.717, 1.165) is 31.6 Å². The lowest BCUT2D eigenvalue weighted by molar-refractivity contribution is 0.102. The number of nitrogens with zero attached hydrogens (tertiary/aromatic N) is 2. The molecule has 0 spiro atoms. The van der Waals surface area contributed by atoms with Gasteiger partial charge in [-0.05, 0) is 38.5 Å². The minimum atomic E-state index is -0.944. The summed E-state index contributed by atoms with van der Waals surface area (Å²) in [4.78, 5) is 19.3. The van der Waals surface area contributed by atoms with Crippen molar-refractivity contribution in [3.63, 3.8) is 0 Å². The van der Waals surface area contributed by atoms with Crippen molar-refractivity contribution < 1.29 is 18.7 Å². The third-order valence-corrected chi connectivity index (χ3v) is 4.61. The number of carbonyl (C=O) groups excluding carboxylic acids is 1. The number of aromatic nitrogens is 2. The Labute approximate surface area is 143 Å². The van der Waals surface area contributed by atoms with Crippen LogP contribution in [0.1, 0.15) is 77.0 Å². The van der Waals surface area contributed by atoms with Crippen molar-refractivity contribution >= 4 is 6.16 Å². The van der Waals surface area contributed by atoms with Gasteiger partial charge in [-0.25, -0.2) is 14.8 Å². The van der Waals surface area contributed by atoms with Gasteiger partial charge in [0.15, 0.2) is 0 Å². The SMILES string of the molecule is CCCCC[C@H]1CC[C@H](c2ncc(OC(=O)OCC)c(F)n2)CC1. The standard InChI is InChI=1S/C18H27FN2O3/c1-3-5-6-7-13-8-10-14(11-9-13)17-20-12-15(16(19)21-17)24-18(22)23-4-2/h12-14H,3-11H2,1-2H3/t13-,14-. The fourth-order valence-electron chi connectivity index (χ4n) is 3.26. The molecule has 1 aromatic heterocycles. The second-order valence-corrected chi connectivity index (χ2v) is 6.38. The molecule has 0 aliphatic heterocycles. The lowest BCUT2D eigenvalue weighted by atomic mass is 9.79. The molecular weight excluding hydrogens is 311 g/mol. The summed E-state index contributed by atoms with van der Waals surface area (Å²) in [5.41, 5.74) is 0. The Hall–Kier alpha value is -1.72. The van der Waals surface area contributed by atoms with Gasteiger partial charge < -0.3 is 9.47 Å². The molecule has 1 aliphatic carbocycles. The Morgan fingerprint density at radius 3 is 2.62 bits per heavy atom. The molecule has 1 aliphatic rings. The Kier molecular flexibility index (Phi) is 7.40. The monoisotopic (exact) mass is 338 g/mol. The predicted molar refractivity (Wildman–Crippen MR) is 88.5 cm³/mol. The lowest BCUT2D eigenvalue weighted by Gasteiger charge is -2.27. The van der Waals surface area contributed by atoms with E-state index in [-0.39, 0.29) is 18.3 Å². The Bertz CT molecular complexity index is 531. The molecule has 0 N–H and O–H groups in total. The second-order valence-electron chi connectivity index (χ2n) is 6.38. The van der Waals surface area contributed by atoms with E-state index in [2.05, 4.69) is 21.6 Å². The van der Waals surface area contributed by atoms with Crippen LogP contribution in [0.4, 0.5) is 9.18 Å². The maximum absolute atomic E-state index is 14.0. The van der Waals surface area contributed by atoms with Gasteiger partial charge >= 0.3 is 6.16 Å². The zero-order valence-corrected chi connectivity index (χ0v) is 14.6. The van der Waals surface area contributed by atoms with Crippen molar-refractivity contribution in [1.82, 2.24) is 9.97 Å². The van der Waals surface area contributed by atoms with E-state index < -0.39 is 12.1 Å². The van der Waals surface area contributed by atoms with Crippen LogP contribution in [0.2, 0.25) is 0 Å². The molecular formula is C18H27FN2O3. The summed E-state index contributed by atoms with van der Waals surface area (Å²) in [7, 11) is 0. The van der Waals surface area contributed by atoms with Gasteiger partial charge in [0.25, 0.3) is 5.95 Å². The number of halogens is 1. The normalized spacial score (nSPS) is 20.6. The van der Waals surface area contributed by atoms with Gasteiger partial charge in [-0.1, -0.05) is 32.6 Å². The van der Waals surface area contributed by atoms with Gasteiger partial charge in [-0.3, -0.25) is 0 Å². The van der Waals surface area contributed by atoms with Crippen LogP contribution in [0, 0.1) is 11.9 Å². The topological polar surface area (TPSA) is 61.3 Å². The molecule has 0 saturated heterocycles. The second kappa shape index (κ2) is 9.55. The molecule has 0 radical (unpaired) electrons. The fourth-order valence-corrected chi connectivity index (χ4v) is 3.26. The van der Waals surface area contributed by atoms with Crippen molar-refractivity contribution in [3.05, 3.63) is 18.0 Å². The first kappa shape index (κ1) is 18.6. The van der Waals surface area contributed by atoms with Gasteiger partial charge in [0.2, 0.25) is 5.75 Å². The summed E-state index contributed by atoms with van der Waals surface area (Å²) in [5, 5.41) is 0. The zero-order chi connectivity index (χ0) is 17.4. The summed E-state index contributed by atoms with van der Waals surface area (Å²) in [5.74, 6) is 0.391. The summed E-state index contributed by atoms with van der Waals surface area (Å²) in [6.45, 7) is 4.04. The quantitative estimate of drug-likeness (QED) is 0.397. The highest BCUT2D eigenvalue weighted by Crippen LogP contribution is 2.36. The molecule has 24 heavy (non-hydrogen) atoms. The Balaban J connectivity index is 1.87. The molecule has 0 bridgehead atoms. The molecule has 0 amide bonds. The first-order valence-corrected chi connectivity index (χ1v) is 9.01. The van der Waals surface area contributed by atoms with Gasteiger partial charge in [0.1, 0.15) is 5.82 Å². The minimum Gasteiger partial charge on any atom is -0.434 e. The molecule has 0 atom stereocenters. The molecule has 5 nitrogen and oxygen atoms in total. The molecule has 0 unspecified atom stereocenters. The van der Waals surface area contributed by atoms with E-state index in [1.165, 1.54) is 31.9 Å². The summed E-state index contributed by atoms with van der Waals surface area (Å²) in [6, 6.07) is 0. The van der Waals surface area contributed by atoms with Crippen molar-refractivity contribution in [3.8, 4) is 5.75 Å². The van der Waals surface area contributed by atoms with Crippen LogP contribution < -0.4 is 4.74 Å². The lowest BCUT2D eigenvalue weighted by Crippen LogP contribution is -2.17.